The topological polar surface area (TPSA) is 176 Å². The lowest BCUT2D eigenvalue weighted by atomic mass is 9.89. The molecular weight excluding hydrogens is 404 g/mol. The molecule has 0 saturated carbocycles. The molecule has 172 valence electrons. The van der Waals surface area contributed by atoms with Crippen LogP contribution >= 0.6 is 0 Å². The lowest BCUT2D eigenvalue weighted by molar-refractivity contribution is -0.212. The smallest absolute Gasteiger partial charge is 0.217 e. The van der Waals surface area contributed by atoms with Crippen molar-refractivity contribution in [3.8, 4) is 0 Å². The van der Waals surface area contributed by atoms with E-state index in [0.717, 1.165) is 0 Å². The molecule has 10 atom stereocenters. The number of rotatable bonds is 7. The van der Waals surface area contributed by atoms with Crippen LogP contribution in [0.3, 0.4) is 0 Å². The van der Waals surface area contributed by atoms with Crippen molar-refractivity contribution >= 4 is 11.8 Å². The van der Waals surface area contributed by atoms with Crippen molar-refractivity contribution in [2.45, 2.75) is 68.8 Å². The Morgan fingerprint density at radius 3 is 2.23 bits per heavy atom. The van der Waals surface area contributed by atoms with E-state index in [1.807, 2.05) is 0 Å². The van der Waals surface area contributed by atoms with Gasteiger partial charge in [-0.1, -0.05) is 0 Å². The van der Waals surface area contributed by atoms with Crippen LogP contribution in [0.5, 0.6) is 0 Å². The van der Waals surface area contributed by atoms with Gasteiger partial charge < -0.3 is 50.0 Å². The van der Waals surface area contributed by atoms with Gasteiger partial charge in [-0.25, -0.2) is 0 Å². The molecule has 30 heavy (non-hydrogen) atoms. The van der Waals surface area contributed by atoms with Gasteiger partial charge in [0, 0.05) is 19.8 Å². The largest absolute Gasteiger partial charge is 0.394 e. The first-order valence-corrected chi connectivity index (χ1v) is 9.92. The normalized spacial score (nSPS) is 43.3. The summed E-state index contributed by atoms with van der Waals surface area (Å²) in [5.74, 6) is -1.24. The maximum absolute atomic E-state index is 11.5. The van der Waals surface area contributed by atoms with E-state index in [1.165, 1.54) is 13.8 Å². The summed E-state index contributed by atoms with van der Waals surface area (Å²) in [6, 6.07) is -1.68. The van der Waals surface area contributed by atoms with E-state index in [4.69, 9.17) is 18.9 Å². The fourth-order valence-electron chi connectivity index (χ4n) is 4.16. The van der Waals surface area contributed by atoms with Crippen molar-refractivity contribution in [2.24, 2.45) is 5.92 Å². The Labute approximate surface area is 173 Å². The Bertz CT molecular complexity index is 622. The van der Waals surface area contributed by atoms with Crippen LogP contribution in [0.4, 0.5) is 0 Å². The molecule has 3 rings (SSSR count). The molecule has 12 heteroatoms. The van der Waals surface area contributed by atoms with Crippen molar-refractivity contribution in [3.05, 3.63) is 0 Å². The lowest BCUT2D eigenvalue weighted by Crippen LogP contribution is -2.65. The van der Waals surface area contributed by atoms with E-state index in [2.05, 4.69) is 10.6 Å². The van der Waals surface area contributed by atoms with Gasteiger partial charge in [0.15, 0.2) is 6.29 Å². The third kappa shape index (κ3) is 4.92. The van der Waals surface area contributed by atoms with Gasteiger partial charge in [0.05, 0.1) is 44.7 Å². The van der Waals surface area contributed by atoms with E-state index in [-0.39, 0.29) is 25.7 Å². The summed E-state index contributed by atoms with van der Waals surface area (Å²) in [7, 11) is 0. The monoisotopic (exact) mass is 434 g/mol. The molecule has 0 radical (unpaired) electrons. The number of carbonyl (C=O) groups is 2. The second-order valence-corrected chi connectivity index (χ2v) is 7.90. The molecule has 3 aliphatic heterocycles. The van der Waals surface area contributed by atoms with Crippen LogP contribution < -0.4 is 10.6 Å². The van der Waals surface area contributed by atoms with Gasteiger partial charge in [0.25, 0.3) is 0 Å². The fraction of sp³-hybridized carbons (Fsp3) is 0.889. The Hall–Kier alpha value is -1.38. The molecule has 0 aromatic carbocycles. The number of fused-ring (bicyclic) bond motifs is 2. The fourth-order valence-corrected chi connectivity index (χ4v) is 4.16. The third-order valence-electron chi connectivity index (χ3n) is 5.67. The second-order valence-electron chi connectivity index (χ2n) is 7.90. The van der Waals surface area contributed by atoms with Gasteiger partial charge in [0.1, 0.15) is 30.5 Å². The number of aliphatic hydroxyl groups excluding tert-OH is 4. The van der Waals surface area contributed by atoms with Crippen LogP contribution in [0.25, 0.3) is 0 Å². The van der Waals surface area contributed by atoms with E-state index in [0.29, 0.717) is 0 Å². The number of ether oxygens (including phenoxy) is 4. The molecular formula is C18H30N2O10. The molecule has 3 saturated heterocycles. The number of amides is 2. The van der Waals surface area contributed by atoms with E-state index in [9.17, 15) is 30.0 Å². The molecule has 3 heterocycles. The summed E-state index contributed by atoms with van der Waals surface area (Å²) in [5.41, 5.74) is 0. The van der Waals surface area contributed by atoms with Crippen molar-refractivity contribution in [1.82, 2.24) is 10.6 Å². The molecule has 0 aromatic heterocycles. The summed E-state index contributed by atoms with van der Waals surface area (Å²) in [4.78, 5) is 22.9. The van der Waals surface area contributed by atoms with Crippen LogP contribution in [0.2, 0.25) is 0 Å². The zero-order chi connectivity index (χ0) is 22.0. The zero-order valence-electron chi connectivity index (χ0n) is 16.8. The summed E-state index contributed by atoms with van der Waals surface area (Å²) >= 11 is 0. The highest BCUT2D eigenvalue weighted by Crippen LogP contribution is 2.33. The first-order chi connectivity index (χ1) is 14.2. The molecule has 6 N–H and O–H groups in total. The molecule has 10 unspecified atom stereocenters. The standard InChI is InChI=1S/C18H30N2O10/c1-7(22)19-13-12(29-10(3-21)16(25)17(13)26)5-27-4-9-11-6-28-18(30-11)14(15(9)24)20-8(2)23/h9-18,21,24-26H,3-6H2,1-2H3,(H,19,22)(H,20,23). The molecule has 3 aliphatic rings. The minimum Gasteiger partial charge on any atom is -0.394 e. The van der Waals surface area contributed by atoms with Gasteiger partial charge in [0.2, 0.25) is 11.8 Å². The average Bonchev–Trinajstić information content (AvgIpc) is 3.12. The number of carbonyl (C=O) groups excluding carboxylic acids is 2. The molecule has 0 spiro atoms. The minimum absolute atomic E-state index is 0.0348. The number of aliphatic hydroxyl groups is 4. The van der Waals surface area contributed by atoms with Gasteiger partial charge >= 0.3 is 0 Å². The number of hydrogen-bond donors (Lipinski definition) is 6. The van der Waals surface area contributed by atoms with Crippen LogP contribution in [0, 0.1) is 5.92 Å². The van der Waals surface area contributed by atoms with Crippen molar-refractivity contribution in [1.29, 1.82) is 0 Å². The van der Waals surface area contributed by atoms with E-state index in [1.54, 1.807) is 0 Å². The quantitative estimate of drug-likeness (QED) is 0.233. The Balaban J connectivity index is 1.61. The maximum atomic E-state index is 11.5. The van der Waals surface area contributed by atoms with Gasteiger partial charge in [-0.05, 0) is 0 Å². The highest BCUT2D eigenvalue weighted by molar-refractivity contribution is 5.73. The number of hydrogen-bond acceptors (Lipinski definition) is 10. The van der Waals surface area contributed by atoms with Crippen molar-refractivity contribution in [2.75, 3.05) is 26.4 Å². The van der Waals surface area contributed by atoms with Crippen molar-refractivity contribution in [3.63, 3.8) is 0 Å². The van der Waals surface area contributed by atoms with Crippen molar-refractivity contribution < 1.29 is 49.0 Å². The SMILES string of the molecule is CC(=O)NC1C(COCC2C3COC(O3)C(NC(C)=O)C2O)OC(CO)C(O)C1O. The highest BCUT2D eigenvalue weighted by Gasteiger charge is 2.51. The molecule has 2 bridgehead atoms. The second kappa shape index (κ2) is 9.83. The van der Waals surface area contributed by atoms with E-state index < -0.39 is 73.4 Å². The minimum atomic E-state index is -1.37. The van der Waals surface area contributed by atoms with E-state index >= 15 is 0 Å². The van der Waals surface area contributed by atoms with Crippen LogP contribution in [0.15, 0.2) is 0 Å². The molecule has 0 aromatic rings. The van der Waals surface area contributed by atoms with Crippen LogP contribution in [-0.4, -0.2) is 114 Å². The summed E-state index contributed by atoms with van der Waals surface area (Å²) in [6.45, 7) is 2.28. The highest BCUT2D eigenvalue weighted by atomic mass is 16.7. The Morgan fingerprint density at radius 1 is 0.933 bits per heavy atom. The predicted octanol–water partition coefficient (Wildman–Crippen LogP) is -3.77. The third-order valence-corrected chi connectivity index (χ3v) is 5.67. The first-order valence-electron chi connectivity index (χ1n) is 9.92. The first kappa shape index (κ1) is 23.3. The summed E-state index contributed by atoms with van der Waals surface area (Å²) in [6.07, 6.45) is -6.70. The Morgan fingerprint density at radius 2 is 1.60 bits per heavy atom. The number of nitrogens with one attached hydrogen (secondary N) is 2. The van der Waals surface area contributed by atoms with Crippen LogP contribution in [-0.2, 0) is 28.5 Å². The molecule has 12 nitrogen and oxygen atoms in total. The van der Waals surface area contributed by atoms with Gasteiger partial charge in [-0.2, -0.15) is 0 Å². The lowest BCUT2D eigenvalue weighted by Gasteiger charge is -2.43. The van der Waals surface area contributed by atoms with Gasteiger partial charge in [-0.15, -0.1) is 0 Å². The average molecular weight is 434 g/mol. The predicted molar refractivity (Wildman–Crippen MR) is 97.9 cm³/mol. The Kier molecular flexibility index (Phi) is 7.63. The maximum Gasteiger partial charge on any atom is 0.217 e. The summed E-state index contributed by atoms with van der Waals surface area (Å²) < 4.78 is 22.5. The summed E-state index contributed by atoms with van der Waals surface area (Å²) in [5, 5.41) is 45.6. The molecule has 2 amide bonds. The zero-order valence-corrected chi connectivity index (χ0v) is 16.8. The van der Waals surface area contributed by atoms with Gasteiger partial charge in [-0.3, -0.25) is 9.59 Å². The molecule has 3 fully saturated rings. The van der Waals surface area contributed by atoms with Crippen LogP contribution in [0.1, 0.15) is 13.8 Å². The molecule has 0 aliphatic carbocycles.